The molecule has 4 nitrogen and oxygen atoms in total. The number of carbonyl (C=O) groups is 1. The van der Waals surface area contributed by atoms with Crippen molar-refractivity contribution in [2.24, 2.45) is 0 Å². The molecule has 2 aromatic rings. The van der Waals surface area contributed by atoms with Gasteiger partial charge in [-0.25, -0.2) is 4.98 Å². The highest BCUT2D eigenvalue weighted by atomic mass is 32.1. The number of thiazole rings is 1. The number of amides is 1. The lowest BCUT2D eigenvalue weighted by Crippen LogP contribution is -2.09. The summed E-state index contributed by atoms with van der Waals surface area (Å²) in [6.07, 6.45) is 0.442. The van der Waals surface area contributed by atoms with Crippen LogP contribution in [0.2, 0.25) is 0 Å². The third kappa shape index (κ3) is 3.67. The second-order valence-corrected chi connectivity index (χ2v) is 6.34. The van der Waals surface area contributed by atoms with Gasteiger partial charge in [0.15, 0.2) is 5.13 Å². The van der Waals surface area contributed by atoms with Crippen LogP contribution in [0.5, 0.6) is 0 Å². The number of hydrogen-bond acceptors (Lipinski definition) is 5. The van der Waals surface area contributed by atoms with Gasteiger partial charge in [0.1, 0.15) is 0 Å². The summed E-state index contributed by atoms with van der Waals surface area (Å²) >= 11 is 2.80. The Morgan fingerprint density at radius 1 is 1.40 bits per heavy atom. The SMILES string of the molecule is Cc1nc(NC(=O)c2ccc(C#CCCO)s2)sc1C. The van der Waals surface area contributed by atoms with Crippen LogP contribution in [0.1, 0.15) is 31.5 Å². The van der Waals surface area contributed by atoms with E-state index in [2.05, 4.69) is 22.1 Å². The smallest absolute Gasteiger partial charge is 0.267 e. The van der Waals surface area contributed by atoms with Gasteiger partial charge in [-0.2, -0.15) is 0 Å². The fourth-order valence-corrected chi connectivity index (χ4v) is 3.00. The fourth-order valence-electron chi connectivity index (χ4n) is 1.42. The van der Waals surface area contributed by atoms with E-state index in [1.54, 1.807) is 6.07 Å². The number of aromatic nitrogens is 1. The molecule has 20 heavy (non-hydrogen) atoms. The molecule has 2 N–H and O–H groups in total. The lowest BCUT2D eigenvalue weighted by molar-refractivity contribution is 0.103. The van der Waals surface area contributed by atoms with Gasteiger partial charge in [-0.05, 0) is 26.0 Å². The van der Waals surface area contributed by atoms with E-state index in [1.807, 2.05) is 19.9 Å². The standard InChI is InChI=1S/C14H14N2O2S2/c1-9-10(2)19-14(15-9)16-13(18)12-7-6-11(20-12)5-3-4-8-17/h6-7,17H,4,8H2,1-2H3,(H,15,16,18). The molecule has 104 valence electrons. The normalized spacial score (nSPS) is 9.95. The molecule has 2 heterocycles. The molecule has 1 amide bonds. The van der Waals surface area contributed by atoms with Crippen LogP contribution >= 0.6 is 22.7 Å². The molecule has 0 saturated heterocycles. The number of rotatable bonds is 3. The molecule has 6 heteroatoms. The molecule has 0 saturated carbocycles. The van der Waals surface area contributed by atoms with E-state index < -0.39 is 0 Å². The van der Waals surface area contributed by atoms with Gasteiger partial charge in [-0.15, -0.1) is 22.7 Å². The first kappa shape index (κ1) is 14.7. The van der Waals surface area contributed by atoms with Crippen LogP contribution in [0, 0.1) is 25.7 Å². The Morgan fingerprint density at radius 2 is 2.20 bits per heavy atom. The predicted molar refractivity (Wildman–Crippen MR) is 82.4 cm³/mol. The molecule has 2 rings (SSSR count). The fraction of sp³-hybridized carbons (Fsp3) is 0.286. The van der Waals surface area contributed by atoms with Crippen molar-refractivity contribution in [2.45, 2.75) is 20.3 Å². The Balaban J connectivity index is 2.05. The van der Waals surface area contributed by atoms with Gasteiger partial charge in [0.25, 0.3) is 5.91 Å². The molecule has 2 aromatic heterocycles. The summed E-state index contributed by atoms with van der Waals surface area (Å²) in [7, 11) is 0. The lowest BCUT2D eigenvalue weighted by Gasteiger charge is -1.97. The summed E-state index contributed by atoms with van der Waals surface area (Å²) in [5.74, 6) is 5.58. The van der Waals surface area contributed by atoms with E-state index >= 15 is 0 Å². The predicted octanol–water partition coefficient (Wildman–Crippen LogP) is 2.81. The summed E-state index contributed by atoms with van der Waals surface area (Å²) in [6, 6.07) is 3.55. The van der Waals surface area contributed by atoms with Crippen LogP contribution in [-0.4, -0.2) is 22.6 Å². The van der Waals surface area contributed by atoms with Gasteiger partial charge in [0, 0.05) is 11.3 Å². The second kappa shape index (κ2) is 6.66. The number of nitrogens with zero attached hydrogens (tertiary/aromatic N) is 1. The van der Waals surface area contributed by atoms with Crippen LogP contribution in [-0.2, 0) is 0 Å². The first-order valence-electron chi connectivity index (χ1n) is 6.05. The van der Waals surface area contributed by atoms with E-state index in [0.717, 1.165) is 15.4 Å². The Bertz CT molecular complexity index is 657. The largest absolute Gasteiger partial charge is 0.395 e. The van der Waals surface area contributed by atoms with Gasteiger partial charge >= 0.3 is 0 Å². The highest BCUT2D eigenvalue weighted by Crippen LogP contribution is 2.23. The second-order valence-electron chi connectivity index (χ2n) is 4.05. The number of aliphatic hydroxyl groups is 1. The van der Waals surface area contributed by atoms with E-state index in [0.29, 0.717) is 16.4 Å². The van der Waals surface area contributed by atoms with Gasteiger partial charge in [0.05, 0.1) is 22.1 Å². The summed E-state index contributed by atoms with van der Waals surface area (Å²) in [6.45, 7) is 3.94. The van der Waals surface area contributed by atoms with E-state index in [9.17, 15) is 4.79 Å². The summed E-state index contributed by atoms with van der Waals surface area (Å²) in [5.41, 5.74) is 0.937. The van der Waals surface area contributed by atoms with Crippen LogP contribution < -0.4 is 5.32 Å². The van der Waals surface area contributed by atoms with Crippen LogP contribution in [0.25, 0.3) is 0 Å². The Hall–Kier alpha value is -1.68. The number of aliphatic hydroxyl groups excluding tert-OH is 1. The van der Waals surface area contributed by atoms with Crippen molar-refractivity contribution in [1.82, 2.24) is 4.98 Å². The molecular formula is C14H14N2O2S2. The number of nitrogens with one attached hydrogen (secondary N) is 1. The van der Waals surface area contributed by atoms with Gasteiger partial charge in [0.2, 0.25) is 0 Å². The number of aryl methyl sites for hydroxylation is 2. The third-order valence-electron chi connectivity index (χ3n) is 2.53. The van der Waals surface area contributed by atoms with Crippen molar-refractivity contribution in [3.63, 3.8) is 0 Å². The van der Waals surface area contributed by atoms with Crippen molar-refractivity contribution in [3.05, 3.63) is 32.5 Å². The number of carbonyl (C=O) groups excluding carboxylic acids is 1. The van der Waals surface area contributed by atoms with Gasteiger partial charge in [-0.1, -0.05) is 11.8 Å². The quantitative estimate of drug-likeness (QED) is 0.857. The molecule has 0 aliphatic rings. The van der Waals surface area contributed by atoms with Crippen molar-refractivity contribution in [2.75, 3.05) is 11.9 Å². The molecule has 0 aliphatic carbocycles. The molecule has 0 bridgehead atoms. The number of thiophene rings is 1. The van der Waals surface area contributed by atoms with E-state index in [4.69, 9.17) is 5.11 Å². The van der Waals surface area contributed by atoms with Gasteiger partial charge < -0.3 is 5.11 Å². The zero-order valence-electron chi connectivity index (χ0n) is 11.2. The minimum absolute atomic E-state index is 0.0501. The highest BCUT2D eigenvalue weighted by Gasteiger charge is 2.11. The monoisotopic (exact) mass is 306 g/mol. The summed E-state index contributed by atoms with van der Waals surface area (Å²) < 4.78 is 0. The average Bonchev–Trinajstić information content (AvgIpc) is 2.98. The zero-order valence-corrected chi connectivity index (χ0v) is 12.8. The molecule has 0 unspecified atom stereocenters. The minimum atomic E-state index is -0.168. The minimum Gasteiger partial charge on any atom is -0.395 e. The Kier molecular flexibility index (Phi) is 4.90. The molecule has 0 atom stereocenters. The maximum Gasteiger partial charge on any atom is 0.267 e. The molecule has 0 aromatic carbocycles. The zero-order chi connectivity index (χ0) is 14.5. The van der Waals surface area contributed by atoms with Crippen molar-refractivity contribution < 1.29 is 9.90 Å². The number of hydrogen-bond donors (Lipinski definition) is 2. The first-order valence-corrected chi connectivity index (χ1v) is 7.68. The van der Waals surface area contributed by atoms with Crippen LogP contribution in [0.15, 0.2) is 12.1 Å². The summed E-state index contributed by atoms with van der Waals surface area (Å²) in [4.78, 5) is 18.8. The van der Waals surface area contributed by atoms with Crippen molar-refractivity contribution in [1.29, 1.82) is 0 Å². The Morgan fingerprint density at radius 3 is 2.85 bits per heavy atom. The third-order valence-corrected chi connectivity index (χ3v) is 4.51. The maximum absolute atomic E-state index is 12.1. The summed E-state index contributed by atoms with van der Waals surface area (Å²) in [5, 5.41) is 12.1. The Labute approximate surface area is 125 Å². The van der Waals surface area contributed by atoms with E-state index in [1.165, 1.54) is 22.7 Å². The van der Waals surface area contributed by atoms with Crippen LogP contribution in [0.4, 0.5) is 5.13 Å². The maximum atomic E-state index is 12.1. The van der Waals surface area contributed by atoms with Crippen LogP contribution in [0.3, 0.4) is 0 Å². The van der Waals surface area contributed by atoms with Crippen molar-refractivity contribution >= 4 is 33.7 Å². The molecule has 0 aliphatic heterocycles. The average molecular weight is 306 g/mol. The topological polar surface area (TPSA) is 62.2 Å². The molecule has 0 fully saturated rings. The first-order chi connectivity index (χ1) is 9.60. The van der Waals surface area contributed by atoms with Crippen molar-refractivity contribution in [3.8, 4) is 11.8 Å². The number of anilines is 1. The van der Waals surface area contributed by atoms with E-state index in [-0.39, 0.29) is 12.5 Å². The van der Waals surface area contributed by atoms with Gasteiger partial charge in [-0.3, -0.25) is 10.1 Å². The highest BCUT2D eigenvalue weighted by molar-refractivity contribution is 7.16. The lowest BCUT2D eigenvalue weighted by atomic mass is 10.4. The molecular weight excluding hydrogens is 292 g/mol. The molecule has 0 spiro atoms. The molecule has 0 radical (unpaired) electrons.